The highest BCUT2D eigenvalue weighted by Crippen LogP contribution is 2.37. The number of methoxy groups -OCH3 is 2. The molecule has 17 heavy (non-hydrogen) atoms. The number of ether oxygens (including phenoxy) is 2. The highest BCUT2D eigenvalue weighted by molar-refractivity contribution is 5.78. The van der Waals surface area contributed by atoms with Gasteiger partial charge in [-0.25, -0.2) is 0 Å². The minimum absolute atomic E-state index is 0.0859. The fourth-order valence-electron chi connectivity index (χ4n) is 1.54. The summed E-state index contributed by atoms with van der Waals surface area (Å²) in [6.07, 6.45) is 0. The van der Waals surface area contributed by atoms with E-state index in [1.165, 1.54) is 26.4 Å². The van der Waals surface area contributed by atoms with Gasteiger partial charge in [-0.3, -0.25) is 4.79 Å². The molecule has 0 aliphatic carbocycles. The van der Waals surface area contributed by atoms with E-state index in [0.717, 1.165) is 0 Å². The summed E-state index contributed by atoms with van der Waals surface area (Å²) >= 11 is 0. The van der Waals surface area contributed by atoms with Crippen LogP contribution in [0.4, 0.5) is 0 Å². The summed E-state index contributed by atoms with van der Waals surface area (Å²) < 4.78 is 9.97. The maximum atomic E-state index is 11.0. The van der Waals surface area contributed by atoms with Crippen LogP contribution in [0.5, 0.6) is 17.2 Å². The van der Waals surface area contributed by atoms with Crippen molar-refractivity contribution in [3.8, 4) is 17.2 Å². The number of benzene rings is 1. The van der Waals surface area contributed by atoms with Gasteiger partial charge in [0.15, 0.2) is 11.5 Å². The van der Waals surface area contributed by atoms with Crippen molar-refractivity contribution in [1.29, 1.82) is 0 Å². The number of hydrogen-bond donors (Lipinski definition) is 3. The third-order valence-electron chi connectivity index (χ3n) is 2.44. The molecule has 4 N–H and O–H groups in total. The number of carboxylic acids is 1. The highest BCUT2D eigenvalue weighted by atomic mass is 16.5. The molecule has 0 spiro atoms. The lowest BCUT2D eigenvalue weighted by Gasteiger charge is -2.16. The molecule has 0 aliphatic rings. The number of aliphatic carboxylic acids is 1. The Bertz CT molecular complexity index is 419. The molecule has 0 fully saturated rings. The molecule has 6 nitrogen and oxygen atoms in total. The second-order valence-electron chi connectivity index (χ2n) is 3.39. The third kappa shape index (κ3) is 2.59. The van der Waals surface area contributed by atoms with E-state index >= 15 is 0 Å². The standard InChI is InChI=1S/C11H15NO5/c1-16-9-4-10(17-2)8(13)3-6(9)7(5-12)11(14)15/h3-4,7,13H,5,12H2,1-2H3,(H,14,15). The van der Waals surface area contributed by atoms with Crippen molar-refractivity contribution in [2.45, 2.75) is 5.92 Å². The first-order chi connectivity index (χ1) is 8.04. The Morgan fingerprint density at radius 3 is 2.35 bits per heavy atom. The van der Waals surface area contributed by atoms with Crippen LogP contribution in [-0.4, -0.2) is 36.9 Å². The zero-order valence-corrected chi connectivity index (χ0v) is 9.64. The van der Waals surface area contributed by atoms with E-state index in [1.54, 1.807) is 0 Å². The van der Waals surface area contributed by atoms with Crippen molar-refractivity contribution in [2.75, 3.05) is 20.8 Å². The first-order valence-electron chi connectivity index (χ1n) is 4.92. The topological polar surface area (TPSA) is 102 Å². The van der Waals surface area contributed by atoms with Crippen molar-refractivity contribution in [1.82, 2.24) is 0 Å². The van der Waals surface area contributed by atoms with Crippen LogP contribution < -0.4 is 15.2 Å². The van der Waals surface area contributed by atoms with Gasteiger partial charge in [-0.05, 0) is 6.07 Å². The molecule has 1 atom stereocenters. The Labute approximate surface area is 98.6 Å². The van der Waals surface area contributed by atoms with Crippen molar-refractivity contribution in [2.24, 2.45) is 5.73 Å². The molecule has 0 radical (unpaired) electrons. The Morgan fingerprint density at radius 2 is 1.94 bits per heavy atom. The summed E-state index contributed by atoms with van der Waals surface area (Å²) in [7, 11) is 2.80. The lowest BCUT2D eigenvalue weighted by molar-refractivity contribution is -0.138. The van der Waals surface area contributed by atoms with Crippen LogP contribution in [-0.2, 0) is 4.79 Å². The van der Waals surface area contributed by atoms with Gasteiger partial charge in [0.05, 0.1) is 20.1 Å². The van der Waals surface area contributed by atoms with Gasteiger partial charge < -0.3 is 25.4 Å². The summed E-state index contributed by atoms with van der Waals surface area (Å²) in [4.78, 5) is 11.0. The van der Waals surface area contributed by atoms with Crippen molar-refractivity contribution in [3.63, 3.8) is 0 Å². The SMILES string of the molecule is COc1cc(OC)c(C(CN)C(=O)O)cc1O. The van der Waals surface area contributed by atoms with Crippen LogP contribution >= 0.6 is 0 Å². The number of aromatic hydroxyl groups is 1. The van der Waals surface area contributed by atoms with Gasteiger partial charge >= 0.3 is 5.97 Å². The number of rotatable bonds is 5. The highest BCUT2D eigenvalue weighted by Gasteiger charge is 2.24. The molecule has 94 valence electrons. The molecule has 1 aromatic carbocycles. The van der Waals surface area contributed by atoms with Gasteiger partial charge in [-0.15, -0.1) is 0 Å². The van der Waals surface area contributed by atoms with Crippen LogP contribution in [0.3, 0.4) is 0 Å². The van der Waals surface area contributed by atoms with E-state index < -0.39 is 11.9 Å². The van der Waals surface area contributed by atoms with Crippen molar-refractivity contribution >= 4 is 5.97 Å². The summed E-state index contributed by atoms with van der Waals surface area (Å²) in [5.74, 6) is -1.62. The molecule has 0 bridgehead atoms. The average Bonchev–Trinajstić information content (AvgIpc) is 2.30. The number of hydrogen-bond acceptors (Lipinski definition) is 5. The van der Waals surface area contributed by atoms with E-state index in [2.05, 4.69) is 0 Å². The van der Waals surface area contributed by atoms with Crippen LogP contribution in [0, 0.1) is 0 Å². The minimum Gasteiger partial charge on any atom is -0.504 e. The maximum absolute atomic E-state index is 11.0. The Morgan fingerprint density at radius 1 is 1.35 bits per heavy atom. The molecule has 0 saturated carbocycles. The monoisotopic (exact) mass is 241 g/mol. The molecule has 0 saturated heterocycles. The summed E-state index contributed by atoms with van der Waals surface area (Å²) in [6, 6.07) is 2.72. The molecule has 0 aliphatic heterocycles. The van der Waals surface area contributed by atoms with Gasteiger partial charge in [0, 0.05) is 18.2 Å². The second-order valence-corrected chi connectivity index (χ2v) is 3.39. The Balaban J connectivity index is 3.31. The van der Waals surface area contributed by atoms with Crippen LogP contribution in [0.25, 0.3) is 0 Å². The van der Waals surface area contributed by atoms with Crippen LogP contribution in [0.1, 0.15) is 11.5 Å². The van der Waals surface area contributed by atoms with E-state index in [9.17, 15) is 9.90 Å². The van der Waals surface area contributed by atoms with Gasteiger partial charge in [-0.1, -0.05) is 0 Å². The zero-order valence-electron chi connectivity index (χ0n) is 9.64. The number of carbonyl (C=O) groups is 1. The average molecular weight is 241 g/mol. The molecule has 0 aromatic heterocycles. The first-order valence-corrected chi connectivity index (χ1v) is 4.92. The maximum Gasteiger partial charge on any atom is 0.312 e. The van der Waals surface area contributed by atoms with Gasteiger partial charge in [-0.2, -0.15) is 0 Å². The summed E-state index contributed by atoms with van der Waals surface area (Å²) in [5, 5.41) is 18.6. The fourth-order valence-corrected chi connectivity index (χ4v) is 1.54. The quantitative estimate of drug-likeness (QED) is 0.695. The molecular formula is C11H15NO5. The van der Waals surface area contributed by atoms with Crippen molar-refractivity contribution < 1.29 is 24.5 Å². The molecule has 1 unspecified atom stereocenters. The van der Waals surface area contributed by atoms with Gasteiger partial charge in [0.1, 0.15) is 5.75 Å². The smallest absolute Gasteiger partial charge is 0.312 e. The van der Waals surface area contributed by atoms with Crippen molar-refractivity contribution in [3.05, 3.63) is 17.7 Å². The normalized spacial score (nSPS) is 11.9. The first kappa shape index (κ1) is 13.1. The van der Waals surface area contributed by atoms with Gasteiger partial charge in [0.25, 0.3) is 0 Å². The fraction of sp³-hybridized carbons (Fsp3) is 0.364. The van der Waals surface area contributed by atoms with Crippen LogP contribution in [0.2, 0.25) is 0 Å². The molecule has 0 heterocycles. The minimum atomic E-state index is -1.07. The largest absolute Gasteiger partial charge is 0.504 e. The number of phenols is 1. The number of carboxylic acid groups (broad SMARTS) is 1. The summed E-state index contributed by atoms with van der Waals surface area (Å²) in [5.41, 5.74) is 5.72. The Kier molecular flexibility index (Phi) is 4.17. The second kappa shape index (κ2) is 5.40. The lowest BCUT2D eigenvalue weighted by atomic mass is 9.97. The molecule has 1 rings (SSSR count). The Hall–Kier alpha value is -1.95. The van der Waals surface area contributed by atoms with E-state index in [0.29, 0.717) is 11.3 Å². The number of nitrogens with two attached hydrogens (primary N) is 1. The predicted molar refractivity (Wildman–Crippen MR) is 60.6 cm³/mol. The molecule has 1 aromatic rings. The van der Waals surface area contributed by atoms with E-state index in [1.807, 2.05) is 0 Å². The molecular weight excluding hydrogens is 226 g/mol. The van der Waals surface area contributed by atoms with Gasteiger partial charge in [0.2, 0.25) is 0 Å². The molecule has 6 heteroatoms. The van der Waals surface area contributed by atoms with E-state index in [4.69, 9.17) is 20.3 Å². The summed E-state index contributed by atoms with van der Waals surface area (Å²) in [6.45, 7) is -0.0859. The van der Waals surface area contributed by atoms with E-state index in [-0.39, 0.29) is 18.0 Å². The lowest BCUT2D eigenvalue weighted by Crippen LogP contribution is -2.21. The zero-order chi connectivity index (χ0) is 13.0. The third-order valence-corrected chi connectivity index (χ3v) is 2.44. The predicted octanol–water partition coefficient (Wildman–Crippen LogP) is 0.536. The number of phenolic OH excluding ortho intramolecular Hbond substituents is 1. The van der Waals surface area contributed by atoms with Crippen LogP contribution in [0.15, 0.2) is 12.1 Å². The molecule has 0 amide bonds.